The van der Waals surface area contributed by atoms with Crippen LogP contribution in [0.4, 0.5) is 0 Å². The lowest BCUT2D eigenvalue weighted by molar-refractivity contribution is -0.121. The van der Waals surface area contributed by atoms with Crippen molar-refractivity contribution in [1.29, 1.82) is 0 Å². The van der Waals surface area contributed by atoms with Crippen LogP contribution in [-0.4, -0.2) is 28.5 Å². The summed E-state index contributed by atoms with van der Waals surface area (Å²) < 4.78 is 0. The summed E-state index contributed by atoms with van der Waals surface area (Å²) in [5.74, 6) is 0.406. The Morgan fingerprint density at radius 3 is 2.50 bits per heavy atom. The third-order valence-electron chi connectivity index (χ3n) is 1.90. The van der Waals surface area contributed by atoms with Crippen molar-refractivity contribution in [3.63, 3.8) is 0 Å². The van der Waals surface area contributed by atoms with Crippen molar-refractivity contribution in [3.05, 3.63) is 0 Å². The lowest BCUT2D eigenvalue weighted by atomic mass is 10.1. The van der Waals surface area contributed by atoms with Crippen molar-refractivity contribution in [2.75, 3.05) is 6.54 Å². The zero-order valence-electron chi connectivity index (χ0n) is 9.09. The van der Waals surface area contributed by atoms with E-state index < -0.39 is 6.10 Å². The Bertz CT molecular complexity index is 174. The van der Waals surface area contributed by atoms with E-state index in [9.17, 15) is 9.90 Å². The minimum atomic E-state index is -0.435. The van der Waals surface area contributed by atoms with Gasteiger partial charge < -0.3 is 10.4 Å². The first kappa shape index (κ1) is 13.9. The highest BCUT2D eigenvalue weighted by Gasteiger charge is 2.13. The van der Waals surface area contributed by atoms with E-state index >= 15 is 0 Å². The first-order chi connectivity index (χ1) is 6.47. The molecule has 0 radical (unpaired) electrons. The highest BCUT2D eigenvalue weighted by molar-refractivity contribution is 9.10. The predicted octanol–water partition coefficient (Wildman–Crippen LogP) is 1.68. The van der Waals surface area contributed by atoms with E-state index in [1.165, 1.54) is 0 Å². The zero-order valence-corrected chi connectivity index (χ0v) is 10.7. The number of amides is 1. The number of rotatable bonds is 6. The fraction of sp³-hybridized carbons (Fsp3) is 0.900. The number of alkyl halides is 1. The average molecular weight is 266 g/mol. The van der Waals surface area contributed by atoms with Gasteiger partial charge in [-0.25, -0.2) is 0 Å². The molecule has 0 saturated heterocycles. The zero-order chi connectivity index (χ0) is 11.1. The second kappa shape index (κ2) is 7.23. The second-order valence-electron chi connectivity index (χ2n) is 3.90. The maximum atomic E-state index is 11.3. The molecule has 0 saturated carbocycles. The van der Waals surface area contributed by atoms with Crippen LogP contribution in [0.1, 0.15) is 33.6 Å². The van der Waals surface area contributed by atoms with Crippen LogP contribution < -0.4 is 5.32 Å². The summed E-state index contributed by atoms with van der Waals surface area (Å²) in [5, 5.41) is 12.2. The summed E-state index contributed by atoms with van der Waals surface area (Å²) >= 11 is 3.25. The van der Waals surface area contributed by atoms with Gasteiger partial charge in [-0.15, -0.1) is 0 Å². The normalized spacial score (nSPS) is 15.3. The molecule has 2 atom stereocenters. The molecule has 14 heavy (non-hydrogen) atoms. The first-order valence-electron chi connectivity index (χ1n) is 5.07. The second-order valence-corrected chi connectivity index (χ2v) is 5.01. The van der Waals surface area contributed by atoms with Crippen molar-refractivity contribution in [2.45, 2.75) is 44.5 Å². The molecule has 0 bridgehead atoms. The van der Waals surface area contributed by atoms with E-state index in [1.807, 2.05) is 20.8 Å². The van der Waals surface area contributed by atoms with Crippen LogP contribution in [0.5, 0.6) is 0 Å². The minimum absolute atomic E-state index is 0.0460. The van der Waals surface area contributed by atoms with E-state index in [4.69, 9.17) is 0 Å². The third kappa shape index (κ3) is 6.38. The number of carbonyl (C=O) groups excluding carboxylic acids is 1. The summed E-state index contributed by atoms with van der Waals surface area (Å²) in [6.07, 6.45) is 1.04. The van der Waals surface area contributed by atoms with Crippen LogP contribution in [0.15, 0.2) is 0 Å². The van der Waals surface area contributed by atoms with Gasteiger partial charge in [0.2, 0.25) is 5.91 Å². The molecule has 4 heteroatoms. The summed E-state index contributed by atoms with van der Waals surface area (Å²) in [5.41, 5.74) is 0. The van der Waals surface area contributed by atoms with Crippen molar-refractivity contribution in [2.24, 2.45) is 5.92 Å². The van der Waals surface area contributed by atoms with Crippen LogP contribution in [0.25, 0.3) is 0 Å². The highest BCUT2D eigenvalue weighted by Crippen LogP contribution is 2.05. The van der Waals surface area contributed by atoms with Crippen molar-refractivity contribution in [3.8, 4) is 0 Å². The van der Waals surface area contributed by atoms with Crippen LogP contribution in [0, 0.1) is 5.92 Å². The summed E-state index contributed by atoms with van der Waals surface area (Å²) in [6, 6.07) is 0. The average Bonchev–Trinajstić information content (AvgIpc) is 2.11. The molecular formula is C10H20BrNO2. The Morgan fingerprint density at radius 2 is 2.07 bits per heavy atom. The van der Waals surface area contributed by atoms with E-state index in [-0.39, 0.29) is 10.7 Å². The third-order valence-corrected chi connectivity index (χ3v) is 2.96. The number of aliphatic hydroxyl groups is 1. The number of aliphatic hydroxyl groups excluding tert-OH is 1. The van der Waals surface area contributed by atoms with Crippen LogP contribution >= 0.6 is 15.9 Å². The van der Waals surface area contributed by atoms with Gasteiger partial charge in [-0.05, 0) is 18.8 Å². The number of hydrogen-bond donors (Lipinski definition) is 2. The Kier molecular flexibility index (Phi) is 7.19. The van der Waals surface area contributed by atoms with E-state index in [0.717, 1.165) is 12.8 Å². The lowest BCUT2D eigenvalue weighted by Gasteiger charge is -2.15. The molecule has 0 aromatic heterocycles. The lowest BCUT2D eigenvalue weighted by Crippen LogP contribution is -2.36. The Hall–Kier alpha value is -0.0900. The van der Waals surface area contributed by atoms with Crippen molar-refractivity contribution < 1.29 is 9.90 Å². The fourth-order valence-electron chi connectivity index (χ4n) is 1.14. The molecule has 0 aliphatic rings. The number of halogens is 1. The molecule has 0 aliphatic heterocycles. The molecule has 0 spiro atoms. The highest BCUT2D eigenvalue weighted by atomic mass is 79.9. The van der Waals surface area contributed by atoms with Crippen LogP contribution in [-0.2, 0) is 4.79 Å². The van der Waals surface area contributed by atoms with Gasteiger partial charge in [-0.1, -0.05) is 36.7 Å². The largest absolute Gasteiger partial charge is 0.391 e. The molecule has 3 nitrogen and oxygen atoms in total. The molecule has 84 valence electrons. The molecule has 2 unspecified atom stereocenters. The van der Waals surface area contributed by atoms with Gasteiger partial charge in [0.25, 0.3) is 0 Å². The number of hydrogen-bond acceptors (Lipinski definition) is 2. The predicted molar refractivity (Wildman–Crippen MR) is 61.5 cm³/mol. The Balaban J connectivity index is 3.66. The maximum Gasteiger partial charge on any atom is 0.233 e. The van der Waals surface area contributed by atoms with Gasteiger partial charge in [0.05, 0.1) is 10.9 Å². The molecule has 1 amide bonds. The summed E-state index contributed by atoms with van der Waals surface area (Å²) in [7, 11) is 0. The smallest absolute Gasteiger partial charge is 0.233 e. The molecular weight excluding hydrogens is 246 g/mol. The van der Waals surface area contributed by atoms with Crippen LogP contribution in [0.3, 0.4) is 0 Å². The quantitative estimate of drug-likeness (QED) is 0.719. The van der Waals surface area contributed by atoms with Crippen molar-refractivity contribution >= 4 is 21.8 Å². The van der Waals surface area contributed by atoms with Gasteiger partial charge >= 0.3 is 0 Å². The number of nitrogens with one attached hydrogen (secondary N) is 1. The number of carbonyl (C=O) groups is 1. The fourth-order valence-corrected chi connectivity index (χ4v) is 1.30. The minimum Gasteiger partial charge on any atom is -0.391 e. The molecule has 0 heterocycles. The first-order valence-corrected chi connectivity index (χ1v) is 5.98. The van der Waals surface area contributed by atoms with Gasteiger partial charge in [0, 0.05) is 6.54 Å². The molecule has 0 aromatic carbocycles. The Morgan fingerprint density at radius 1 is 1.50 bits per heavy atom. The Labute approximate surface area is 94.4 Å². The van der Waals surface area contributed by atoms with Crippen LogP contribution in [0.2, 0.25) is 0 Å². The van der Waals surface area contributed by atoms with Gasteiger partial charge in [-0.2, -0.15) is 0 Å². The van der Waals surface area contributed by atoms with Gasteiger partial charge in [0.15, 0.2) is 0 Å². The SMILES string of the molecule is CCC(Br)C(=O)NCC(O)CC(C)C. The molecule has 0 rings (SSSR count). The molecule has 0 fully saturated rings. The van der Waals surface area contributed by atoms with E-state index in [0.29, 0.717) is 12.5 Å². The molecule has 2 N–H and O–H groups in total. The van der Waals surface area contributed by atoms with E-state index in [2.05, 4.69) is 21.2 Å². The molecule has 0 aromatic rings. The summed E-state index contributed by atoms with van der Waals surface area (Å²) in [6.45, 7) is 6.37. The van der Waals surface area contributed by atoms with Crippen molar-refractivity contribution in [1.82, 2.24) is 5.32 Å². The standard InChI is InChI=1S/C10H20BrNO2/c1-4-9(11)10(14)12-6-8(13)5-7(2)3/h7-9,13H,4-6H2,1-3H3,(H,12,14). The van der Waals surface area contributed by atoms with E-state index in [1.54, 1.807) is 0 Å². The van der Waals surface area contributed by atoms with Gasteiger partial charge in [-0.3, -0.25) is 4.79 Å². The topological polar surface area (TPSA) is 49.3 Å². The van der Waals surface area contributed by atoms with Gasteiger partial charge in [0.1, 0.15) is 0 Å². The monoisotopic (exact) mass is 265 g/mol. The maximum absolute atomic E-state index is 11.3. The summed E-state index contributed by atoms with van der Waals surface area (Å²) in [4.78, 5) is 11.2. The molecule has 0 aliphatic carbocycles.